The lowest BCUT2D eigenvalue weighted by Gasteiger charge is -2.25. The van der Waals surface area contributed by atoms with Crippen molar-refractivity contribution in [2.45, 2.75) is 45.6 Å². The Hall–Kier alpha value is -2.36. The van der Waals surface area contributed by atoms with Gasteiger partial charge in [0.15, 0.2) is 0 Å². The molecule has 3 rings (SSSR count). The van der Waals surface area contributed by atoms with E-state index in [1.165, 1.54) is 0 Å². The zero-order valence-electron chi connectivity index (χ0n) is 14.9. The molecule has 1 aliphatic rings. The summed E-state index contributed by atoms with van der Waals surface area (Å²) in [4.78, 5) is 25.2. The number of rotatable bonds is 6. The summed E-state index contributed by atoms with van der Waals surface area (Å²) >= 11 is 0. The van der Waals surface area contributed by atoms with Crippen molar-refractivity contribution < 1.29 is 14.3 Å². The molecule has 0 saturated carbocycles. The second-order valence-electron chi connectivity index (χ2n) is 7.04. The van der Waals surface area contributed by atoms with E-state index in [1.54, 1.807) is 0 Å². The van der Waals surface area contributed by atoms with Gasteiger partial charge in [0.1, 0.15) is 0 Å². The Morgan fingerprint density at radius 3 is 2.64 bits per heavy atom. The summed E-state index contributed by atoms with van der Waals surface area (Å²) in [5.41, 5.74) is 2.23. The molecule has 0 N–H and O–H groups in total. The summed E-state index contributed by atoms with van der Waals surface area (Å²) in [6.07, 6.45) is 2.53. The molecule has 1 aromatic carbocycles. The van der Waals surface area contributed by atoms with E-state index in [1.807, 2.05) is 47.0 Å². The lowest BCUT2D eigenvalue weighted by Crippen LogP contribution is -2.26. The molecule has 2 heterocycles. The van der Waals surface area contributed by atoms with Crippen LogP contribution in [0.2, 0.25) is 0 Å². The van der Waals surface area contributed by atoms with Crippen LogP contribution in [0.15, 0.2) is 42.5 Å². The normalized spacial score (nSPS) is 16.5. The minimum atomic E-state index is -0.266. The van der Waals surface area contributed by atoms with E-state index in [2.05, 4.69) is 13.8 Å². The van der Waals surface area contributed by atoms with Crippen LogP contribution in [0, 0.1) is 5.92 Å². The van der Waals surface area contributed by atoms with Gasteiger partial charge in [0.05, 0.1) is 18.2 Å². The number of benzene rings is 1. The molecular formula is C21H25NO3. The second kappa shape index (κ2) is 7.68. The summed E-state index contributed by atoms with van der Waals surface area (Å²) < 4.78 is 7.46. The van der Waals surface area contributed by atoms with Gasteiger partial charge in [-0.05, 0) is 37.3 Å². The summed E-state index contributed by atoms with van der Waals surface area (Å²) in [6.45, 7) is 5.46. The Kier molecular flexibility index (Phi) is 5.37. The lowest BCUT2D eigenvalue weighted by atomic mass is 9.96. The molecule has 0 amide bonds. The molecule has 4 nitrogen and oxygen atoms in total. The highest BCUT2D eigenvalue weighted by Gasteiger charge is 2.30. The van der Waals surface area contributed by atoms with Gasteiger partial charge in [-0.2, -0.15) is 0 Å². The predicted molar refractivity (Wildman–Crippen MR) is 96.7 cm³/mol. The van der Waals surface area contributed by atoms with E-state index in [0.29, 0.717) is 23.8 Å². The third-order valence-corrected chi connectivity index (χ3v) is 4.74. The van der Waals surface area contributed by atoms with Crippen LogP contribution in [0.3, 0.4) is 0 Å². The molecule has 25 heavy (non-hydrogen) atoms. The van der Waals surface area contributed by atoms with E-state index in [0.717, 1.165) is 31.5 Å². The summed E-state index contributed by atoms with van der Waals surface area (Å²) in [6, 6.07) is 13.0. The van der Waals surface area contributed by atoms with Crippen LogP contribution < -0.4 is 0 Å². The zero-order chi connectivity index (χ0) is 17.8. The van der Waals surface area contributed by atoms with E-state index in [-0.39, 0.29) is 17.7 Å². The zero-order valence-corrected chi connectivity index (χ0v) is 14.9. The fourth-order valence-electron chi connectivity index (χ4n) is 3.31. The Labute approximate surface area is 148 Å². The predicted octanol–water partition coefficient (Wildman–Crippen LogP) is 4.19. The minimum absolute atomic E-state index is 0.000625. The van der Waals surface area contributed by atoms with Gasteiger partial charge in [0.25, 0.3) is 0 Å². The molecule has 1 unspecified atom stereocenters. The topological polar surface area (TPSA) is 48.3 Å². The molecule has 1 aliphatic heterocycles. The molecule has 2 aromatic rings. The molecule has 132 valence electrons. The quantitative estimate of drug-likeness (QED) is 0.586. The number of hydrogen-bond donors (Lipinski definition) is 0. The van der Waals surface area contributed by atoms with E-state index < -0.39 is 0 Å². The first kappa shape index (κ1) is 17.5. The van der Waals surface area contributed by atoms with Gasteiger partial charge < -0.3 is 9.30 Å². The van der Waals surface area contributed by atoms with Crippen LogP contribution in [-0.2, 0) is 16.1 Å². The van der Waals surface area contributed by atoms with Crippen LogP contribution in [0.4, 0.5) is 0 Å². The molecular weight excluding hydrogens is 314 g/mol. The molecule has 0 bridgehead atoms. The highest BCUT2D eigenvalue weighted by Crippen LogP contribution is 2.31. The number of ketones is 1. The average Bonchev–Trinajstić information content (AvgIpc) is 3.05. The minimum Gasteiger partial charge on any atom is -0.465 e. The average molecular weight is 339 g/mol. The second-order valence-corrected chi connectivity index (χ2v) is 7.04. The van der Waals surface area contributed by atoms with Crippen molar-refractivity contribution in [2.75, 3.05) is 6.61 Å². The van der Waals surface area contributed by atoms with Crippen molar-refractivity contribution >= 4 is 11.8 Å². The van der Waals surface area contributed by atoms with Crippen LogP contribution >= 0.6 is 0 Å². The first-order valence-corrected chi connectivity index (χ1v) is 9.03. The third kappa shape index (κ3) is 3.84. The van der Waals surface area contributed by atoms with E-state index in [4.69, 9.17) is 4.74 Å². The van der Waals surface area contributed by atoms with Crippen molar-refractivity contribution in [1.29, 1.82) is 0 Å². The monoisotopic (exact) mass is 339 g/mol. The van der Waals surface area contributed by atoms with Crippen molar-refractivity contribution in [3.63, 3.8) is 0 Å². The number of fused-ring (bicyclic) bond motifs is 1. The molecule has 0 fully saturated rings. The molecule has 1 aromatic heterocycles. The number of hydrogen-bond acceptors (Lipinski definition) is 3. The number of esters is 1. The number of ether oxygens (including phenoxy) is 1. The fourth-order valence-corrected chi connectivity index (χ4v) is 3.31. The first-order valence-electron chi connectivity index (χ1n) is 9.03. The molecule has 1 atom stereocenters. The van der Waals surface area contributed by atoms with Gasteiger partial charge in [0.2, 0.25) is 5.78 Å². The maximum absolute atomic E-state index is 12.8. The maximum Gasteiger partial charge on any atom is 0.314 e. The van der Waals surface area contributed by atoms with Gasteiger partial charge in [-0.25, -0.2) is 0 Å². The first-order chi connectivity index (χ1) is 12.1. The van der Waals surface area contributed by atoms with Gasteiger partial charge >= 0.3 is 5.97 Å². The summed E-state index contributed by atoms with van der Waals surface area (Å²) in [5, 5.41) is 0. The Morgan fingerprint density at radius 2 is 1.92 bits per heavy atom. The van der Waals surface area contributed by atoms with Crippen LogP contribution in [-0.4, -0.2) is 22.9 Å². The molecule has 0 radical (unpaired) electrons. The van der Waals surface area contributed by atoms with Gasteiger partial charge in [-0.15, -0.1) is 0 Å². The number of nitrogens with zero attached hydrogens (tertiary/aromatic N) is 1. The van der Waals surface area contributed by atoms with Gasteiger partial charge in [0, 0.05) is 17.8 Å². The van der Waals surface area contributed by atoms with Crippen LogP contribution in [0.1, 0.15) is 60.8 Å². The van der Waals surface area contributed by atoms with E-state index in [9.17, 15) is 9.59 Å². The fraction of sp³-hybridized carbons (Fsp3) is 0.429. The number of carbonyl (C=O) groups excluding carboxylic acids is 2. The SMILES string of the molecule is CC(C)CCOC(=O)C1CCCn2c(C(=O)c3ccccc3)ccc21. The van der Waals surface area contributed by atoms with Crippen molar-refractivity contribution in [3.8, 4) is 0 Å². The van der Waals surface area contributed by atoms with Crippen molar-refractivity contribution in [2.24, 2.45) is 5.92 Å². The summed E-state index contributed by atoms with van der Waals surface area (Å²) in [5.74, 6) is 0.0791. The van der Waals surface area contributed by atoms with Crippen LogP contribution in [0.5, 0.6) is 0 Å². The molecule has 4 heteroatoms. The highest BCUT2D eigenvalue weighted by atomic mass is 16.5. The molecule has 0 spiro atoms. The maximum atomic E-state index is 12.8. The lowest BCUT2D eigenvalue weighted by molar-refractivity contribution is -0.146. The Balaban J connectivity index is 1.78. The number of aromatic nitrogens is 1. The van der Waals surface area contributed by atoms with E-state index >= 15 is 0 Å². The third-order valence-electron chi connectivity index (χ3n) is 4.74. The molecule has 0 aliphatic carbocycles. The Morgan fingerprint density at radius 1 is 1.16 bits per heavy atom. The van der Waals surface area contributed by atoms with Gasteiger partial charge in [-0.3, -0.25) is 9.59 Å². The highest BCUT2D eigenvalue weighted by molar-refractivity contribution is 6.08. The largest absolute Gasteiger partial charge is 0.465 e. The summed E-state index contributed by atoms with van der Waals surface area (Å²) in [7, 11) is 0. The number of carbonyl (C=O) groups is 2. The van der Waals surface area contributed by atoms with Crippen molar-refractivity contribution in [1.82, 2.24) is 4.57 Å². The van der Waals surface area contributed by atoms with Crippen molar-refractivity contribution in [3.05, 3.63) is 59.4 Å². The standard InChI is InChI=1S/C21H25NO3/c1-15(2)12-14-25-21(24)17-9-6-13-22-18(17)10-11-19(22)20(23)16-7-4-3-5-8-16/h3-5,7-8,10-11,15,17H,6,9,12-14H2,1-2H3. The Bertz CT molecular complexity index is 746. The smallest absolute Gasteiger partial charge is 0.314 e. The van der Waals surface area contributed by atoms with Gasteiger partial charge in [-0.1, -0.05) is 44.2 Å². The molecule has 0 saturated heterocycles. The van der Waals surface area contributed by atoms with Crippen LogP contribution in [0.25, 0.3) is 0 Å².